The Labute approximate surface area is 239 Å². The number of ether oxygens (including phenoxy) is 2. The molecular weight excluding hydrogens is 529 g/mol. The predicted molar refractivity (Wildman–Crippen MR) is 152 cm³/mol. The van der Waals surface area contributed by atoms with Crippen molar-refractivity contribution in [3.05, 3.63) is 100 Å². The van der Waals surface area contributed by atoms with Crippen LogP contribution in [-0.4, -0.2) is 49.7 Å². The first kappa shape index (κ1) is 28.7. The summed E-state index contributed by atoms with van der Waals surface area (Å²) in [6.07, 6.45) is 3.93. The van der Waals surface area contributed by atoms with E-state index < -0.39 is 23.2 Å². The summed E-state index contributed by atoms with van der Waals surface area (Å²) < 4.78 is 52.0. The predicted octanol–water partition coefficient (Wildman–Crippen LogP) is 6.24. The Kier molecular flexibility index (Phi) is 9.29. The first-order valence-corrected chi connectivity index (χ1v) is 14.2. The van der Waals surface area contributed by atoms with Crippen molar-refractivity contribution in [1.82, 2.24) is 10.2 Å². The minimum absolute atomic E-state index is 0.0547. The lowest BCUT2D eigenvalue weighted by atomic mass is 9.92. The maximum atomic E-state index is 13.8. The molecule has 1 N–H and O–H groups in total. The largest absolute Gasteiger partial charge is 0.492 e. The first-order chi connectivity index (χ1) is 19.9. The van der Waals surface area contributed by atoms with Gasteiger partial charge in [-0.05, 0) is 92.1 Å². The van der Waals surface area contributed by atoms with Crippen LogP contribution in [0.25, 0.3) is 5.57 Å². The summed E-state index contributed by atoms with van der Waals surface area (Å²) in [7, 11) is 0. The van der Waals surface area contributed by atoms with E-state index in [0.717, 1.165) is 71.5 Å². The Morgan fingerprint density at radius 1 is 0.976 bits per heavy atom. The van der Waals surface area contributed by atoms with Gasteiger partial charge in [-0.15, -0.1) is 0 Å². The molecular formula is C33H35F3N2O3. The second-order valence-corrected chi connectivity index (χ2v) is 10.6. The number of amides is 1. The zero-order chi connectivity index (χ0) is 28.8. The lowest BCUT2D eigenvalue weighted by molar-refractivity contribution is -0.128. The summed E-state index contributed by atoms with van der Waals surface area (Å²) in [6, 6.07) is 17.8. The van der Waals surface area contributed by atoms with Crippen molar-refractivity contribution in [3.63, 3.8) is 0 Å². The van der Waals surface area contributed by atoms with Crippen molar-refractivity contribution >= 4 is 11.5 Å². The number of benzene rings is 3. The van der Waals surface area contributed by atoms with Gasteiger partial charge < -0.3 is 19.7 Å². The fourth-order valence-corrected chi connectivity index (χ4v) is 5.15. The molecule has 5 nitrogen and oxygen atoms in total. The van der Waals surface area contributed by atoms with E-state index in [2.05, 4.69) is 5.32 Å². The summed E-state index contributed by atoms with van der Waals surface area (Å²) >= 11 is 0. The van der Waals surface area contributed by atoms with Crippen LogP contribution in [0, 0.1) is 24.4 Å². The highest BCUT2D eigenvalue weighted by Gasteiger charge is 2.35. The van der Waals surface area contributed by atoms with Gasteiger partial charge in [-0.1, -0.05) is 36.4 Å². The van der Waals surface area contributed by atoms with Gasteiger partial charge >= 0.3 is 0 Å². The van der Waals surface area contributed by atoms with Crippen LogP contribution in [0.15, 0.2) is 66.2 Å². The highest BCUT2D eigenvalue weighted by molar-refractivity contribution is 6.02. The number of hydrogen-bond donors (Lipinski definition) is 1. The molecule has 0 atom stereocenters. The van der Waals surface area contributed by atoms with Crippen LogP contribution in [-0.2, 0) is 11.2 Å². The number of rotatable bonds is 12. The number of carbonyl (C=O) groups is 1. The quantitative estimate of drug-likeness (QED) is 0.209. The molecule has 0 bridgehead atoms. The van der Waals surface area contributed by atoms with E-state index >= 15 is 0 Å². The molecule has 1 saturated carbocycles. The average molecular weight is 565 g/mol. The summed E-state index contributed by atoms with van der Waals surface area (Å²) in [6.45, 7) is 4.40. The molecule has 0 aromatic heterocycles. The fourth-order valence-electron chi connectivity index (χ4n) is 5.15. The molecule has 216 valence electrons. The van der Waals surface area contributed by atoms with Gasteiger partial charge in [-0.3, -0.25) is 4.79 Å². The van der Waals surface area contributed by atoms with Gasteiger partial charge in [0, 0.05) is 18.2 Å². The molecule has 3 aromatic rings. The number of carbonyl (C=O) groups excluding carboxylic acids is 1. The van der Waals surface area contributed by atoms with Gasteiger partial charge in [-0.25, -0.2) is 8.78 Å². The smallest absolute Gasteiger partial charge is 0.251 e. The lowest BCUT2D eigenvalue weighted by Crippen LogP contribution is -2.41. The SMILES string of the molecule is Cc1cccc(OCCN(C(=O)C2=C(c3ccc(CCCOc4c(F)ccc(F)c4F)cc3)CCNC2)C2CC2)c1. The van der Waals surface area contributed by atoms with Crippen LogP contribution >= 0.6 is 0 Å². The van der Waals surface area contributed by atoms with E-state index in [9.17, 15) is 18.0 Å². The lowest BCUT2D eigenvalue weighted by Gasteiger charge is -2.28. The van der Waals surface area contributed by atoms with E-state index in [-0.39, 0.29) is 18.6 Å². The molecule has 0 spiro atoms. The summed E-state index contributed by atoms with van der Waals surface area (Å²) in [5.74, 6) is -3.18. The molecule has 1 fully saturated rings. The summed E-state index contributed by atoms with van der Waals surface area (Å²) in [4.78, 5) is 15.7. The van der Waals surface area contributed by atoms with Gasteiger partial charge in [0.1, 0.15) is 12.4 Å². The average Bonchev–Trinajstić information content (AvgIpc) is 3.82. The molecule has 1 aliphatic heterocycles. The monoisotopic (exact) mass is 564 g/mol. The van der Waals surface area contributed by atoms with E-state index in [1.54, 1.807) is 0 Å². The van der Waals surface area contributed by atoms with Crippen LogP contribution < -0.4 is 14.8 Å². The first-order valence-electron chi connectivity index (χ1n) is 14.2. The van der Waals surface area contributed by atoms with Gasteiger partial charge in [0.15, 0.2) is 17.4 Å². The summed E-state index contributed by atoms with van der Waals surface area (Å²) in [5, 5.41) is 3.36. The number of halogens is 3. The van der Waals surface area contributed by atoms with Gasteiger partial charge in [0.05, 0.1) is 13.2 Å². The Hall–Kier alpha value is -3.78. The summed E-state index contributed by atoms with van der Waals surface area (Å²) in [5.41, 5.74) is 5.05. The van der Waals surface area contributed by atoms with Crippen LogP contribution in [0.5, 0.6) is 11.5 Å². The van der Waals surface area contributed by atoms with Crippen molar-refractivity contribution in [2.24, 2.45) is 0 Å². The van der Waals surface area contributed by atoms with E-state index in [1.165, 1.54) is 0 Å². The highest BCUT2D eigenvalue weighted by atomic mass is 19.2. The Balaban J connectivity index is 1.20. The second-order valence-electron chi connectivity index (χ2n) is 10.6. The number of nitrogens with zero attached hydrogens (tertiary/aromatic N) is 1. The van der Waals surface area contributed by atoms with E-state index in [0.29, 0.717) is 32.5 Å². The van der Waals surface area contributed by atoms with E-state index in [1.807, 2.05) is 60.4 Å². The van der Waals surface area contributed by atoms with Gasteiger partial charge in [0.25, 0.3) is 5.91 Å². The highest BCUT2D eigenvalue weighted by Crippen LogP contribution is 2.32. The molecule has 5 rings (SSSR count). The van der Waals surface area contributed by atoms with Crippen LogP contribution in [0.3, 0.4) is 0 Å². The maximum Gasteiger partial charge on any atom is 0.251 e. The van der Waals surface area contributed by atoms with Crippen LogP contribution in [0.2, 0.25) is 0 Å². The van der Waals surface area contributed by atoms with Crippen molar-refractivity contribution < 1.29 is 27.4 Å². The fraction of sp³-hybridized carbons (Fsp3) is 0.364. The topological polar surface area (TPSA) is 50.8 Å². The third-order valence-corrected chi connectivity index (χ3v) is 7.48. The Morgan fingerprint density at radius 2 is 1.76 bits per heavy atom. The molecule has 1 aliphatic carbocycles. The van der Waals surface area contributed by atoms with Crippen molar-refractivity contribution in [1.29, 1.82) is 0 Å². The Morgan fingerprint density at radius 3 is 2.51 bits per heavy atom. The number of aryl methyl sites for hydroxylation is 2. The zero-order valence-electron chi connectivity index (χ0n) is 23.2. The molecule has 0 saturated heterocycles. The molecule has 2 aliphatic rings. The van der Waals surface area contributed by atoms with Crippen LogP contribution in [0.4, 0.5) is 13.2 Å². The number of hydrogen-bond acceptors (Lipinski definition) is 4. The minimum Gasteiger partial charge on any atom is -0.492 e. The second kappa shape index (κ2) is 13.3. The standard InChI is InChI=1S/C33H35F3N2O3/c1-22-4-2-6-26(20-22)40-19-17-38(25-11-12-25)33(39)28-21-37-16-15-27(28)24-9-7-23(8-10-24)5-3-18-41-32-30(35)14-13-29(34)31(32)36/h2,4,6-10,13-14,20,25,37H,3,5,11-12,15-19,21H2,1H3. The maximum absolute atomic E-state index is 13.8. The molecule has 41 heavy (non-hydrogen) atoms. The van der Waals surface area contributed by atoms with Crippen molar-refractivity contribution in [2.45, 2.75) is 45.1 Å². The molecule has 0 radical (unpaired) electrons. The van der Waals surface area contributed by atoms with E-state index in [4.69, 9.17) is 9.47 Å². The molecule has 8 heteroatoms. The number of nitrogens with one attached hydrogen (secondary N) is 1. The molecule has 1 heterocycles. The molecule has 0 unspecified atom stereocenters. The Bertz CT molecular complexity index is 1400. The van der Waals surface area contributed by atoms with Crippen molar-refractivity contribution in [3.8, 4) is 11.5 Å². The molecule has 1 amide bonds. The molecule has 3 aromatic carbocycles. The normalized spacial score (nSPS) is 15.1. The van der Waals surface area contributed by atoms with Gasteiger partial charge in [0.2, 0.25) is 5.82 Å². The minimum atomic E-state index is -1.31. The van der Waals surface area contributed by atoms with Gasteiger partial charge in [-0.2, -0.15) is 4.39 Å². The van der Waals surface area contributed by atoms with Crippen molar-refractivity contribution in [2.75, 3.05) is 32.8 Å². The van der Waals surface area contributed by atoms with Crippen LogP contribution in [0.1, 0.15) is 42.4 Å². The third kappa shape index (κ3) is 7.30. The third-order valence-electron chi connectivity index (χ3n) is 7.48. The zero-order valence-corrected chi connectivity index (χ0v) is 23.2.